The molecule has 2 unspecified atom stereocenters. The van der Waals surface area contributed by atoms with Crippen molar-refractivity contribution in [1.29, 1.82) is 0 Å². The highest BCUT2D eigenvalue weighted by Gasteiger charge is 2.46. The molecule has 0 saturated carbocycles. The fourth-order valence-corrected chi connectivity index (χ4v) is 15.7. The summed E-state index contributed by atoms with van der Waals surface area (Å²) >= 11 is 9.98. The molecule has 4 aromatic rings. The number of aryl methyl sites for hydroxylation is 2. The minimum atomic E-state index is -0.244. The van der Waals surface area contributed by atoms with Crippen LogP contribution in [0.25, 0.3) is 19.6 Å². The molecule has 18 heteroatoms. The van der Waals surface area contributed by atoms with Crippen LogP contribution in [0.2, 0.25) is 0 Å². The smallest absolute Gasteiger partial charge is 0.181 e. The van der Waals surface area contributed by atoms with Gasteiger partial charge in [0.1, 0.15) is 89.8 Å². The first kappa shape index (κ1) is 34.4. The van der Waals surface area contributed by atoms with Crippen LogP contribution < -0.4 is 47.0 Å². The molecule has 0 bridgehead atoms. The average molecular weight is 873 g/mol. The zero-order chi connectivity index (χ0) is 37.1. The monoisotopic (exact) mass is 872 g/mol. The molecule has 4 aromatic heterocycles. The Hall–Kier alpha value is -3.68. The Labute approximate surface area is 344 Å². The molecule has 0 radical (unpaired) electrons. The lowest BCUT2D eigenvalue weighted by atomic mass is 10.2. The number of rotatable bonds is 3. The summed E-state index contributed by atoms with van der Waals surface area (Å²) in [5.41, 5.74) is 0. The lowest BCUT2D eigenvalue weighted by Crippen LogP contribution is -2.21. The van der Waals surface area contributed by atoms with Gasteiger partial charge in [-0.15, -0.1) is 68.9 Å². The number of thioether (sulfide) groups is 2. The largest absolute Gasteiger partial charge is 0.489 e. The summed E-state index contributed by atoms with van der Waals surface area (Å²) in [5.74, 6) is 9.09. The number of fused-ring (bicyclic) bond motifs is 4. The lowest BCUT2D eigenvalue weighted by molar-refractivity contribution is 0.0703. The van der Waals surface area contributed by atoms with Crippen LogP contribution in [0, 0.1) is 13.8 Å². The van der Waals surface area contributed by atoms with Crippen LogP contribution in [0.1, 0.15) is 30.0 Å². The maximum absolute atomic E-state index is 6.49. The minimum Gasteiger partial charge on any atom is -0.489 e. The molecule has 292 valence electrons. The fraction of sp³-hybridized carbons (Fsp3) is 0.421. The van der Waals surface area contributed by atoms with Gasteiger partial charge < -0.3 is 56.8 Å². The Morgan fingerprint density at radius 2 is 0.732 bits per heavy atom. The summed E-state index contributed by atoms with van der Waals surface area (Å²) in [4.78, 5) is 8.07. The maximum atomic E-state index is 6.49. The zero-order valence-electron chi connectivity index (χ0n) is 30.0. The van der Waals surface area contributed by atoms with Crippen LogP contribution in [-0.2, 0) is 18.9 Å². The van der Waals surface area contributed by atoms with E-state index in [0.29, 0.717) is 90.8 Å². The highest BCUT2D eigenvalue weighted by molar-refractivity contribution is 8.09. The van der Waals surface area contributed by atoms with Crippen LogP contribution in [0.3, 0.4) is 0 Å². The first-order chi connectivity index (χ1) is 27.6. The van der Waals surface area contributed by atoms with Gasteiger partial charge in [-0.2, -0.15) is 0 Å². The molecule has 12 heterocycles. The van der Waals surface area contributed by atoms with Crippen molar-refractivity contribution in [3.8, 4) is 55.8 Å². The van der Waals surface area contributed by atoms with Crippen LogP contribution in [0.5, 0.6) is 46.0 Å². The Morgan fingerprint density at radius 1 is 0.357 bits per heavy atom. The third kappa shape index (κ3) is 5.14. The topological polar surface area (TPSA) is 111 Å². The first-order valence-corrected chi connectivity index (χ1v) is 23.4. The summed E-state index contributed by atoms with van der Waals surface area (Å²) in [6.45, 7) is 9.81. The Bertz CT molecular complexity index is 2520. The van der Waals surface area contributed by atoms with Crippen molar-refractivity contribution in [1.82, 2.24) is 0 Å². The predicted octanol–water partition coefficient (Wildman–Crippen LogP) is 7.01. The fourth-order valence-electron chi connectivity index (χ4n) is 7.80. The van der Waals surface area contributed by atoms with Crippen molar-refractivity contribution in [3.05, 3.63) is 51.6 Å². The standard InChI is InChI=1S/C38H32O12S6/c1-15-17-19(41-5-3-39-17)29(51-15)31-21-23(45-9-7-43-21)33(53-31)35-25-27(49-13-11-47-25)37(55-35)38-28-26(48-12-14-50-28)36(56-38)34-24-22(44-8-10-46-24)32(54-34)30-20-18(16(2)52-30)40-4-6-42-20/h31,36H,3-14H2,1-2H3/b35-33+,38-37+. The van der Waals surface area contributed by atoms with Gasteiger partial charge in [-0.3, -0.25) is 0 Å². The molecular weight excluding hydrogens is 841 g/mol. The number of ether oxygens (including phenoxy) is 12. The van der Waals surface area contributed by atoms with E-state index < -0.39 is 0 Å². The van der Waals surface area contributed by atoms with Gasteiger partial charge in [0.05, 0.1) is 38.4 Å². The van der Waals surface area contributed by atoms with E-state index in [1.54, 1.807) is 68.9 Å². The van der Waals surface area contributed by atoms with E-state index in [2.05, 4.69) is 13.8 Å². The maximum Gasteiger partial charge on any atom is 0.181 e. The Morgan fingerprint density at radius 3 is 1.30 bits per heavy atom. The molecule has 0 aromatic carbocycles. The zero-order valence-corrected chi connectivity index (χ0v) is 34.9. The average Bonchev–Trinajstić information content (AvgIpc) is 4.10. The van der Waals surface area contributed by atoms with Gasteiger partial charge in [-0.25, -0.2) is 0 Å². The molecule has 0 N–H and O–H groups in total. The normalized spacial score (nSPS) is 24.9. The second-order valence-corrected chi connectivity index (χ2v) is 20.2. The van der Waals surface area contributed by atoms with Crippen LogP contribution in [-0.4, -0.2) is 79.3 Å². The van der Waals surface area contributed by atoms with Crippen molar-refractivity contribution in [3.63, 3.8) is 0 Å². The van der Waals surface area contributed by atoms with E-state index in [-0.39, 0.29) is 10.5 Å². The summed E-state index contributed by atoms with van der Waals surface area (Å²) in [7, 11) is 0. The van der Waals surface area contributed by atoms with E-state index in [4.69, 9.17) is 56.8 Å². The van der Waals surface area contributed by atoms with E-state index in [1.165, 1.54) is 0 Å². The summed E-state index contributed by atoms with van der Waals surface area (Å²) in [5, 5.41) is -0.398. The molecule has 0 saturated heterocycles. The Kier molecular flexibility index (Phi) is 8.25. The van der Waals surface area contributed by atoms with Crippen LogP contribution in [0.15, 0.2) is 23.0 Å². The Balaban J connectivity index is 1.01. The number of thiophene rings is 4. The summed E-state index contributed by atoms with van der Waals surface area (Å²) in [6.07, 6.45) is 0. The van der Waals surface area contributed by atoms with Gasteiger partial charge in [0.2, 0.25) is 0 Å². The van der Waals surface area contributed by atoms with E-state index in [9.17, 15) is 0 Å². The van der Waals surface area contributed by atoms with E-state index in [0.717, 1.165) is 106 Å². The van der Waals surface area contributed by atoms with Gasteiger partial charge in [0.15, 0.2) is 69.0 Å². The van der Waals surface area contributed by atoms with Crippen molar-refractivity contribution in [2.45, 2.75) is 24.3 Å². The number of hydrogen-bond donors (Lipinski definition) is 0. The summed E-state index contributed by atoms with van der Waals surface area (Å²) < 4.78 is 77.8. The van der Waals surface area contributed by atoms with Gasteiger partial charge in [0.25, 0.3) is 0 Å². The quantitative estimate of drug-likeness (QED) is 0.211. The molecule has 0 spiro atoms. The molecule has 0 amide bonds. The molecule has 0 aliphatic carbocycles. The second-order valence-electron chi connectivity index (χ2n) is 13.4. The SMILES string of the molecule is Cc1sc(-c2sc(C3S/C(=c4/s/c(=C5/SC(c6sc(C)c7c6OCCO7)C6=C5OCCO6)c5c4OCCO5)C4=C3OCCO4)c3c2OCCO3)c2c1OCCO2. The third-order valence-electron chi connectivity index (χ3n) is 10.1. The van der Waals surface area contributed by atoms with Gasteiger partial charge in [-0.1, -0.05) is 0 Å². The number of hydrogen-bond acceptors (Lipinski definition) is 18. The van der Waals surface area contributed by atoms with Gasteiger partial charge >= 0.3 is 0 Å². The molecule has 8 aliphatic heterocycles. The van der Waals surface area contributed by atoms with Crippen LogP contribution >= 0.6 is 68.9 Å². The van der Waals surface area contributed by atoms with Gasteiger partial charge in [0, 0.05) is 9.75 Å². The van der Waals surface area contributed by atoms with Crippen molar-refractivity contribution in [2.75, 3.05) is 79.3 Å². The third-order valence-corrected chi connectivity index (χ3v) is 18.0. The molecule has 12 rings (SSSR count). The van der Waals surface area contributed by atoms with Crippen molar-refractivity contribution >= 4 is 78.7 Å². The summed E-state index contributed by atoms with van der Waals surface area (Å²) in [6, 6.07) is 0. The molecule has 12 nitrogen and oxygen atoms in total. The lowest BCUT2D eigenvalue weighted by Gasteiger charge is -2.21. The molecule has 0 fully saturated rings. The highest BCUT2D eigenvalue weighted by atomic mass is 32.2. The van der Waals surface area contributed by atoms with E-state index in [1.807, 2.05) is 0 Å². The first-order valence-electron chi connectivity index (χ1n) is 18.3. The van der Waals surface area contributed by atoms with Crippen molar-refractivity contribution in [2.24, 2.45) is 0 Å². The van der Waals surface area contributed by atoms with Gasteiger partial charge in [-0.05, 0) is 13.8 Å². The van der Waals surface area contributed by atoms with Crippen LogP contribution in [0.4, 0.5) is 0 Å². The molecule has 56 heavy (non-hydrogen) atoms. The second kappa shape index (κ2) is 13.4. The predicted molar refractivity (Wildman–Crippen MR) is 214 cm³/mol. The van der Waals surface area contributed by atoms with E-state index >= 15 is 0 Å². The van der Waals surface area contributed by atoms with Crippen molar-refractivity contribution < 1.29 is 56.8 Å². The highest BCUT2D eigenvalue weighted by Crippen LogP contribution is 2.64. The minimum absolute atomic E-state index is 0.154. The molecule has 2 atom stereocenters. The molecular formula is C38H32O12S6. The molecule has 8 aliphatic rings.